The van der Waals surface area contributed by atoms with E-state index in [1.165, 1.54) is 0 Å². The maximum Gasteiger partial charge on any atom is 0.210 e. The quantitative estimate of drug-likeness (QED) is 0.699. The Morgan fingerprint density at radius 1 is 1.25 bits per heavy atom. The lowest BCUT2D eigenvalue weighted by Crippen LogP contribution is -2.13. The molecule has 0 saturated carbocycles. The van der Waals surface area contributed by atoms with Crippen LogP contribution in [-0.2, 0) is 4.84 Å². The summed E-state index contributed by atoms with van der Waals surface area (Å²) in [6.45, 7) is 4.01. The molecule has 2 aliphatic heterocycles. The van der Waals surface area contributed by atoms with Gasteiger partial charge in [0, 0.05) is 0 Å². The van der Waals surface area contributed by atoms with Crippen LogP contribution in [0, 0.1) is 0 Å². The van der Waals surface area contributed by atoms with Crippen LogP contribution in [0.15, 0.2) is 40.6 Å². The lowest BCUT2D eigenvalue weighted by atomic mass is 10.3. The Balaban J connectivity index is 2.00. The molecule has 0 aromatic heterocycles. The van der Waals surface area contributed by atoms with Crippen LogP contribution in [0.5, 0.6) is 0 Å². The number of nitrogens with zero attached hydrogens (tertiary/aromatic N) is 3. The SMILES string of the molecule is CC1=NN(c2ccccc2)P2C(C)=NOC12. The summed E-state index contributed by atoms with van der Waals surface area (Å²) in [4.78, 5) is 5.40. The summed E-state index contributed by atoms with van der Waals surface area (Å²) < 4.78 is 2.06. The average molecular weight is 233 g/mol. The molecule has 0 saturated heterocycles. The lowest BCUT2D eigenvalue weighted by Gasteiger charge is -2.20. The molecule has 0 amide bonds. The molecule has 2 atom stereocenters. The van der Waals surface area contributed by atoms with Gasteiger partial charge in [-0.15, -0.1) is 0 Å². The topological polar surface area (TPSA) is 37.2 Å². The van der Waals surface area contributed by atoms with Crippen molar-refractivity contribution in [3.63, 3.8) is 0 Å². The van der Waals surface area contributed by atoms with Crippen LogP contribution in [0.1, 0.15) is 13.8 Å². The van der Waals surface area contributed by atoms with E-state index in [0.717, 1.165) is 16.9 Å². The van der Waals surface area contributed by atoms with Gasteiger partial charge >= 0.3 is 0 Å². The molecule has 0 spiro atoms. The first-order chi connectivity index (χ1) is 7.77. The summed E-state index contributed by atoms with van der Waals surface area (Å²) >= 11 is 0. The number of hydrogen-bond acceptors (Lipinski definition) is 4. The van der Waals surface area contributed by atoms with Gasteiger partial charge in [0.1, 0.15) is 13.5 Å². The first-order valence-corrected chi connectivity index (χ1v) is 6.53. The van der Waals surface area contributed by atoms with Gasteiger partial charge in [0.15, 0.2) is 0 Å². The van der Waals surface area contributed by atoms with Gasteiger partial charge in [-0.2, -0.15) is 5.10 Å². The molecule has 1 aromatic rings. The molecule has 82 valence electrons. The minimum atomic E-state index is -0.576. The molecule has 1 aromatic carbocycles. The minimum Gasteiger partial charge on any atom is -0.379 e. The van der Waals surface area contributed by atoms with E-state index in [-0.39, 0.29) is 5.85 Å². The fraction of sp³-hybridized carbons (Fsp3) is 0.273. The highest BCUT2D eigenvalue weighted by Gasteiger charge is 2.44. The largest absolute Gasteiger partial charge is 0.379 e. The smallest absolute Gasteiger partial charge is 0.210 e. The Labute approximate surface area is 95.4 Å². The number of hydrazone groups is 1. The van der Waals surface area contributed by atoms with Gasteiger partial charge in [0.2, 0.25) is 5.85 Å². The third-order valence-corrected chi connectivity index (χ3v) is 5.02. The van der Waals surface area contributed by atoms with Crippen LogP contribution in [0.3, 0.4) is 0 Å². The van der Waals surface area contributed by atoms with E-state index in [9.17, 15) is 0 Å². The van der Waals surface area contributed by atoms with Crippen LogP contribution < -0.4 is 4.78 Å². The van der Waals surface area contributed by atoms with Gasteiger partial charge in [-0.3, -0.25) is 0 Å². The molecule has 0 fully saturated rings. The zero-order valence-corrected chi connectivity index (χ0v) is 10.1. The summed E-state index contributed by atoms with van der Waals surface area (Å²) in [5.74, 6) is 0.0511. The van der Waals surface area contributed by atoms with Gasteiger partial charge in [0.05, 0.1) is 11.4 Å². The second-order valence-electron chi connectivity index (χ2n) is 3.81. The molecule has 0 N–H and O–H groups in total. The fourth-order valence-corrected chi connectivity index (χ4v) is 3.97. The number of anilines is 1. The Bertz CT molecular complexity index is 471. The van der Waals surface area contributed by atoms with Gasteiger partial charge in [-0.05, 0) is 26.0 Å². The third kappa shape index (κ3) is 1.34. The number of rotatable bonds is 1. The van der Waals surface area contributed by atoms with Crippen molar-refractivity contribution in [2.24, 2.45) is 10.3 Å². The van der Waals surface area contributed by atoms with Crippen LogP contribution in [0.2, 0.25) is 0 Å². The molecule has 16 heavy (non-hydrogen) atoms. The third-order valence-electron chi connectivity index (χ3n) is 2.64. The minimum absolute atomic E-state index is 0.0511. The average Bonchev–Trinajstić information content (AvgIpc) is 2.83. The Morgan fingerprint density at radius 3 is 2.75 bits per heavy atom. The van der Waals surface area contributed by atoms with Gasteiger partial charge < -0.3 is 4.84 Å². The van der Waals surface area contributed by atoms with Gasteiger partial charge in [0.25, 0.3) is 0 Å². The van der Waals surface area contributed by atoms with E-state index < -0.39 is 8.07 Å². The molecular weight excluding hydrogens is 221 g/mol. The van der Waals surface area contributed by atoms with Crippen molar-refractivity contribution in [2.75, 3.05) is 4.78 Å². The molecule has 2 heterocycles. The maximum atomic E-state index is 5.40. The van der Waals surface area contributed by atoms with Crippen molar-refractivity contribution in [1.82, 2.24) is 0 Å². The van der Waals surface area contributed by atoms with Gasteiger partial charge in [-0.1, -0.05) is 23.4 Å². The molecule has 0 aliphatic carbocycles. The predicted octanol–water partition coefficient (Wildman–Crippen LogP) is 2.97. The number of fused-ring (bicyclic) bond motifs is 1. The predicted molar refractivity (Wildman–Crippen MR) is 66.9 cm³/mol. The monoisotopic (exact) mass is 233 g/mol. The van der Waals surface area contributed by atoms with E-state index in [2.05, 4.69) is 27.2 Å². The first kappa shape index (κ1) is 9.79. The van der Waals surface area contributed by atoms with Crippen molar-refractivity contribution in [2.45, 2.75) is 19.7 Å². The molecule has 2 aliphatic rings. The molecule has 2 unspecified atom stereocenters. The summed E-state index contributed by atoms with van der Waals surface area (Å²) in [5, 5.41) is 8.64. The number of benzene rings is 1. The second kappa shape index (κ2) is 3.56. The Morgan fingerprint density at radius 2 is 2.00 bits per heavy atom. The van der Waals surface area contributed by atoms with Crippen molar-refractivity contribution in [3.05, 3.63) is 30.3 Å². The summed E-state index contributed by atoms with van der Waals surface area (Å²) in [6.07, 6.45) is 0. The van der Waals surface area contributed by atoms with E-state index in [1.54, 1.807) is 0 Å². The molecule has 0 bridgehead atoms. The van der Waals surface area contributed by atoms with E-state index >= 15 is 0 Å². The highest BCUT2D eigenvalue weighted by molar-refractivity contribution is 7.78. The molecule has 0 radical (unpaired) electrons. The van der Waals surface area contributed by atoms with Crippen molar-refractivity contribution < 1.29 is 4.84 Å². The number of hydrogen-bond donors (Lipinski definition) is 0. The van der Waals surface area contributed by atoms with Crippen molar-refractivity contribution in [3.8, 4) is 0 Å². The maximum absolute atomic E-state index is 5.40. The lowest BCUT2D eigenvalue weighted by molar-refractivity contribution is 0.168. The van der Waals surface area contributed by atoms with E-state index in [4.69, 9.17) is 4.84 Å². The van der Waals surface area contributed by atoms with Gasteiger partial charge in [-0.25, -0.2) is 4.78 Å². The highest BCUT2D eigenvalue weighted by atomic mass is 31.1. The van der Waals surface area contributed by atoms with Crippen molar-refractivity contribution >= 4 is 24.9 Å². The number of para-hydroxylation sites is 1. The molecule has 4 nitrogen and oxygen atoms in total. The molecule has 3 rings (SSSR count). The van der Waals surface area contributed by atoms with Crippen molar-refractivity contribution in [1.29, 1.82) is 0 Å². The molecule has 5 heteroatoms. The van der Waals surface area contributed by atoms with E-state index in [0.29, 0.717) is 0 Å². The van der Waals surface area contributed by atoms with E-state index in [1.807, 2.05) is 32.0 Å². The highest BCUT2D eigenvalue weighted by Crippen LogP contribution is 2.57. The summed E-state index contributed by atoms with van der Waals surface area (Å²) in [6, 6.07) is 10.2. The zero-order chi connectivity index (χ0) is 11.1. The summed E-state index contributed by atoms with van der Waals surface area (Å²) in [5.41, 5.74) is 3.16. The zero-order valence-electron chi connectivity index (χ0n) is 9.16. The van der Waals surface area contributed by atoms with Crippen LogP contribution in [0.25, 0.3) is 0 Å². The fourth-order valence-electron chi connectivity index (χ4n) is 1.86. The Hall–Kier alpha value is -1.41. The number of oxime groups is 1. The standard InChI is InChI=1S/C11H12N3OP/c1-8-11-15-13-9(2)16(11)14(12-8)10-6-4-3-5-7-10/h3-7,11H,1-2H3. The summed E-state index contributed by atoms with van der Waals surface area (Å²) in [7, 11) is -0.576. The van der Waals surface area contributed by atoms with Crippen LogP contribution >= 0.6 is 8.07 Å². The normalized spacial score (nSPS) is 27.2. The molecular formula is C11H12N3OP. The Kier molecular flexibility index (Phi) is 2.18. The van der Waals surface area contributed by atoms with Crippen LogP contribution in [-0.4, -0.2) is 17.0 Å². The van der Waals surface area contributed by atoms with Crippen LogP contribution in [0.4, 0.5) is 5.69 Å². The first-order valence-electron chi connectivity index (χ1n) is 5.17. The second-order valence-corrected chi connectivity index (χ2v) is 5.99.